The lowest BCUT2D eigenvalue weighted by atomic mass is 10.1. The van der Waals surface area contributed by atoms with Crippen LogP contribution in [0.4, 0.5) is 4.39 Å². The number of aromatic nitrogens is 2. The van der Waals surface area contributed by atoms with Gasteiger partial charge in [-0.15, -0.1) is 0 Å². The summed E-state index contributed by atoms with van der Waals surface area (Å²) in [6.45, 7) is 0.0662. The minimum absolute atomic E-state index is 0.0662. The van der Waals surface area contributed by atoms with Gasteiger partial charge >= 0.3 is 6.08 Å². The van der Waals surface area contributed by atoms with Crippen LogP contribution in [-0.2, 0) is 0 Å². The van der Waals surface area contributed by atoms with E-state index < -0.39 is 18.3 Å². The predicted molar refractivity (Wildman–Crippen MR) is 51.6 cm³/mol. The average molecular weight is 227 g/mol. The van der Waals surface area contributed by atoms with Gasteiger partial charge in [0.05, 0.1) is 6.10 Å². The van der Waals surface area contributed by atoms with Crippen LogP contribution in [0.1, 0.15) is 18.1 Å². The summed E-state index contributed by atoms with van der Waals surface area (Å²) < 4.78 is 12.4. The lowest BCUT2D eigenvalue weighted by Gasteiger charge is -2.16. The van der Waals surface area contributed by atoms with Gasteiger partial charge in [0.2, 0.25) is 0 Å². The maximum Gasteiger partial charge on any atom is 0.308 e. The molecule has 1 aromatic heterocycles. The van der Waals surface area contributed by atoms with Crippen LogP contribution in [0.2, 0.25) is 0 Å². The molecule has 1 rings (SSSR count). The number of nitrogens with zero attached hydrogens (tertiary/aromatic N) is 5. The fourth-order valence-corrected chi connectivity index (χ4v) is 1.09. The van der Waals surface area contributed by atoms with Crippen LogP contribution in [0.3, 0.4) is 0 Å². The molecule has 0 aliphatic heterocycles. The Labute approximate surface area is 90.2 Å². The molecule has 0 spiro atoms. The van der Waals surface area contributed by atoms with Crippen molar-refractivity contribution in [2.45, 2.75) is 18.6 Å². The summed E-state index contributed by atoms with van der Waals surface area (Å²) in [6, 6.07) is 0. The molecule has 16 heavy (non-hydrogen) atoms. The van der Waals surface area contributed by atoms with Crippen molar-refractivity contribution in [3.05, 3.63) is 34.5 Å². The van der Waals surface area contributed by atoms with E-state index in [0.717, 1.165) is 12.4 Å². The van der Waals surface area contributed by atoms with E-state index in [-0.39, 0.29) is 18.5 Å². The summed E-state index contributed by atoms with van der Waals surface area (Å²) in [4.78, 5) is 9.01. The highest BCUT2D eigenvalue weighted by molar-refractivity contribution is 5.08. The Kier molecular flexibility index (Phi) is 4.59. The molecule has 0 aliphatic carbocycles. The van der Waals surface area contributed by atoms with E-state index in [2.05, 4.69) is 20.0 Å². The molecule has 1 heterocycles. The normalized spacial score (nSPS) is 13.9. The Bertz CT molecular complexity index is 379. The second-order valence-electron chi connectivity index (χ2n) is 3.04. The highest BCUT2D eigenvalue weighted by Gasteiger charge is 2.18. The molecular formula is C8H10FN5O2. The minimum Gasteiger partial charge on any atom is -0.390 e. The number of hydrogen-bond donors (Lipinski definition) is 2. The zero-order valence-electron chi connectivity index (χ0n) is 8.23. The van der Waals surface area contributed by atoms with Crippen LogP contribution in [0.15, 0.2) is 17.5 Å². The molecule has 1 aromatic rings. The second kappa shape index (κ2) is 5.96. The van der Waals surface area contributed by atoms with Gasteiger partial charge in [0, 0.05) is 29.4 Å². The van der Waals surface area contributed by atoms with Gasteiger partial charge in [-0.2, -0.15) is 4.39 Å². The van der Waals surface area contributed by atoms with Crippen LogP contribution in [0.5, 0.6) is 0 Å². The van der Waals surface area contributed by atoms with E-state index in [9.17, 15) is 14.6 Å². The first kappa shape index (κ1) is 12.3. The Morgan fingerprint density at radius 2 is 2.06 bits per heavy atom. The smallest absolute Gasteiger partial charge is 0.308 e. The van der Waals surface area contributed by atoms with E-state index in [1.165, 1.54) is 0 Å². The van der Waals surface area contributed by atoms with Gasteiger partial charge in [-0.3, -0.25) is 0 Å². The molecule has 7 nitrogen and oxygen atoms in total. The van der Waals surface area contributed by atoms with Crippen LogP contribution >= 0.6 is 0 Å². The monoisotopic (exact) mass is 227 g/mol. The summed E-state index contributed by atoms with van der Waals surface area (Å²) >= 11 is 0. The lowest BCUT2D eigenvalue weighted by Crippen LogP contribution is -2.19. The quantitative estimate of drug-likeness (QED) is 0.333. The minimum atomic E-state index is -1.23. The summed E-state index contributed by atoms with van der Waals surface area (Å²) in [5, 5.41) is 22.3. The van der Waals surface area contributed by atoms with E-state index in [1.54, 1.807) is 0 Å². The number of aliphatic hydroxyl groups is 2. The van der Waals surface area contributed by atoms with E-state index >= 15 is 0 Å². The molecule has 0 aromatic carbocycles. The molecular weight excluding hydrogens is 217 g/mol. The standard InChI is InChI=1S/C8H10FN5O2/c9-8-11-3-5(4-12-8)7(16)6(15)1-2-13-14-10/h3-4,6-7,15-16H,1-2H2. The highest BCUT2D eigenvalue weighted by Crippen LogP contribution is 2.17. The largest absolute Gasteiger partial charge is 0.390 e. The third-order valence-corrected chi connectivity index (χ3v) is 1.93. The van der Waals surface area contributed by atoms with Crippen molar-refractivity contribution >= 4 is 0 Å². The molecule has 0 saturated heterocycles. The Hall–Kier alpha value is -1.76. The molecule has 0 amide bonds. The first-order chi connectivity index (χ1) is 7.65. The van der Waals surface area contributed by atoms with Crippen molar-refractivity contribution in [1.82, 2.24) is 9.97 Å². The van der Waals surface area contributed by atoms with Crippen molar-refractivity contribution in [3.8, 4) is 0 Å². The maximum atomic E-state index is 12.4. The third-order valence-electron chi connectivity index (χ3n) is 1.93. The molecule has 0 radical (unpaired) electrons. The first-order valence-electron chi connectivity index (χ1n) is 4.49. The van der Waals surface area contributed by atoms with Crippen molar-refractivity contribution in [2.24, 2.45) is 5.11 Å². The Morgan fingerprint density at radius 3 is 2.62 bits per heavy atom. The lowest BCUT2D eigenvalue weighted by molar-refractivity contribution is 0.0145. The number of hydrogen-bond acceptors (Lipinski definition) is 5. The molecule has 2 atom stereocenters. The van der Waals surface area contributed by atoms with E-state index in [0.29, 0.717) is 0 Å². The fourth-order valence-electron chi connectivity index (χ4n) is 1.09. The second-order valence-corrected chi connectivity index (χ2v) is 3.04. The van der Waals surface area contributed by atoms with Crippen LogP contribution in [0.25, 0.3) is 10.4 Å². The molecule has 2 N–H and O–H groups in total. The SMILES string of the molecule is [N-]=[N+]=NCCC(O)C(O)c1cnc(F)nc1. The van der Waals surface area contributed by atoms with Gasteiger partial charge in [0.25, 0.3) is 0 Å². The number of aliphatic hydroxyl groups excluding tert-OH is 2. The summed E-state index contributed by atoms with van der Waals surface area (Å²) in [5.41, 5.74) is 8.22. The molecule has 0 fully saturated rings. The number of rotatable bonds is 5. The summed E-state index contributed by atoms with van der Waals surface area (Å²) in [5.74, 6) is 0. The van der Waals surface area contributed by atoms with Gasteiger partial charge in [-0.1, -0.05) is 5.11 Å². The fraction of sp³-hybridized carbons (Fsp3) is 0.500. The van der Waals surface area contributed by atoms with Crippen molar-refractivity contribution in [2.75, 3.05) is 6.54 Å². The number of azide groups is 1. The van der Waals surface area contributed by atoms with Crippen molar-refractivity contribution < 1.29 is 14.6 Å². The van der Waals surface area contributed by atoms with Gasteiger partial charge in [0.1, 0.15) is 6.10 Å². The summed E-state index contributed by atoms with van der Waals surface area (Å²) in [7, 11) is 0. The zero-order chi connectivity index (χ0) is 12.0. The molecule has 2 unspecified atom stereocenters. The topological polar surface area (TPSA) is 115 Å². The van der Waals surface area contributed by atoms with Crippen LogP contribution in [-0.4, -0.2) is 32.8 Å². The maximum absolute atomic E-state index is 12.4. The van der Waals surface area contributed by atoms with E-state index in [4.69, 9.17) is 5.53 Å². The predicted octanol–water partition coefficient (Wildman–Crippen LogP) is 0.710. The van der Waals surface area contributed by atoms with Gasteiger partial charge in [-0.05, 0) is 12.0 Å². The number of halogens is 1. The molecule has 0 bridgehead atoms. The van der Waals surface area contributed by atoms with Crippen LogP contribution < -0.4 is 0 Å². The van der Waals surface area contributed by atoms with Crippen LogP contribution in [0, 0.1) is 6.08 Å². The molecule has 0 aliphatic rings. The van der Waals surface area contributed by atoms with E-state index in [1.807, 2.05) is 0 Å². The third kappa shape index (κ3) is 3.43. The Balaban J connectivity index is 2.58. The highest BCUT2D eigenvalue weighted by atomic mass is 19.1. The van der Waals surface area contributed by atoms with Gasteiger partial charge in [-0.25, -0.2) is 9.97 Å². The molecule has 86 valence electrons. The first-order valence-corrected chi connectivity index (χ1v) is 4.49. The van der Waals surface area contributed by atoms with Gasteiger partial charge < -0.3 is 10.2 Å². The van der Waals surface area contributed by atoms with Gasteiger partial charge in [0.15, 0.2) is 0 Å². The average Bonchev–Trinajstić information content (AvgIpc) is 2.29. The zero-order valence-corrected chi connectivity index (χ0v) is 8.23. The van der Waals surface area contributed by atoms with Crippen molar-refractivity contribution in [3.63, 3.8) is 0 Å². The van der Waals surface area contributed by atoms with Crippen molar-refractivity contribution in [1.29, 1.82) is 0 Å². The summed E-state index contributed by atoms with van der Waals surface area (Å²) in [6.07, 6.45) is -0.968. The molecule has 0 saturated carbocycles. The Morgan fingerprint density at radius 1 is 1.44 bits per heavy atom. The molecule has 8 heteroatoms.